The van der Waals surface area contributed by atoms with Crippen molar-refractivity contribution >= 4 is 14.9 Å². The van der Waals surface area contributed by atoms with Gasteiger partial charge in [-0.2, -0.15) is 0 Å². The molecule has 0 saturated carbocycles. The Bertz CT molecular complexity index is 490. The number of benzene rings is 1. The first kappa shape index (κ1) is 11.6. The van der Waals surface area contributed by atoms with Gasteiger partial charge in [0.1, 0.15) is 11.6 Å². The Hall–Kier alpha value is -1.50. The molecule has 1 rings (SSSR count). The van der Waals surface area contributed by atoms with Crippen molar-refractivity contribution in [1.82, 2.24) is 0 Å². The monoisotopic (exact) mass is 235 g/mol. The van der Waals surface area contributed by atoms with Crippen LogP contribution in [0.1, 0.15) is 5.56 Å². The van der Waals surface area contributed by atoms with Crippen LogP contribution < -0.4 is 0 Å². The van der Waals surface area contributed by atoms with Gasteiger partial charge < -0.3 is 5.21 Å². The zero-order valence-corrected chi connectivity index (χ0v) is 8.42. The number of sulfone groups is 1. The second kappa shape index (κ2) is 3.93. The number of nitrogens with zero attached hydrogens (tertiary/aromatic N) is 1. The van der Waals surface area contributed by atoms with E-state index in [-0.39, 0.29) is 0 Å². The Morgan fingerprint density at radius 3 is 2.13 bits per heavy atom. The lowest BCUT2D eigenvalue weighted by molar-refractivity contribution is 0.320. The van der Waals surface area contributed by atoms with Gasteiger partial charge in [0.25, 0.3) is 0 Å². The zero-order chi connectivity index (χ0) is 11.6. The van der Waals surface area contributed by atoms with Crippen LogP contribution in [0.25, 0.3) is 0 Å². The van der Waals surface area contributed by atoms with Crippen LogP contribution in [0.4, 0.5) is 8.78 Å². The van der Waals surface area contributed by atoms with E-state index in [0.29, 0.717) is 6.26 Å². The minimum absolute atomic E-state index is 0.688. The first-order chi connectivity index (χ1) is 6.88. The van der Waals surface area contributed by atoms with E-state index in [1.165, 1.54) is 0 Å². The van der Waals surface area contributed by atoms with Crippen molar-refractivity contribution in [2.75, 3.05) is 6.26 Å². The minimum Gasteiger partial charge on any atom is -0.410 e. The lowest BCUT2D eigenvalue weighted by Crippen LogP contribution is -2.17. The molecule has 0 aliphatic carbocycles. The van der Waals surface area contributed by atoms with E-state index in [1.807, 2.05) is 0 Å². The van der Waals surface area contributed by atoms with E-state index in [1.54, 1.807) is 0 Å². The third-order valence-electron chi connectivity index (χ3n) is 1.62. The molecule has 0 radical (unpaired) electrons. The van der Waals surface area contributed by atoms with E-state index in [4.69, 9.17) is 5.21 Å². The topological polar surface area (TPSA) is 66.7 Å². The van der Waals surface area contributed by atoms with E-state index in [9.17, 15) is 17.2 Å². The number of rotatable bonds is 1. The largest absolute Gasteiger partial charge is 0.410 e. The quantitative estimate of drug-likeness (QED) is 0.343. The van der Waals surface area contributed by atoms with Crippen molar-refractivity contribution in [2.45, 2.75) is 0 Å². The third kappa shape index (κ3) is 2.30. The molecule has 0 aliphatic rings. The molecule has 1 aromatic carbocycles. The predicted octanol–water partition coefficient (Wildman–Crippen LogP) is 1.15. The van der Waals surface area contributed by atoms with Gasteiger partial charge >= 0.3 is 0 Å². The first-order valence-electron chi connectivity index (χ1n) is 3.74. The number of hydrogen-bond donors (Lipinski definition) is 1. The minimum atomic E-state index is -3.99. The second-order valence-electron chi connectivity index (χ2n) is 2.77. The molecule has 0 heterocycles. The van der Waals surface area contributed by atoms with Crippen molar-refractivity contribution < 1.29 is 22.4 Å². The summed E-state index contributed by atoms with van der Waals surface area (Å²) < 4.78 is 48.3. The molecule has 4 nitrogen and oxygen atoms in total. The summed E-state index contributed by atoms with van der Waals surface area (Å²) >= 11 is 0. The molecule has 0 unspecified atom stereocenters. The second-order valence-corrected chi connectivity index (χ2v) is 4.71. The average molecular weight is 235 g/mol. The van der Waals surface area contributed by atoms with Crippen LogP contribution in [0.5, 0.6) is 0 Å². The maximum atomic E-state index is 13.1. The van der Waals surface area contributed by atoms with Crippen molar-refractivity contribution in [2.24, 2.45) is 5.16 Å². The fraction of sp³-hybridized carbons (Fsp3) is 0.125. The average Bonchev–Trinajstić information content (AvgIpc) is 2.09. The van der Waals surface area contributed by atoms with Crippen molar-refractivity contribution in [3.63, 3.8) is 0 Å². The Balaban J connectivity index is 3.52. The molecule has 82 valence electrons. The Morgan fingerprint density at radius 1 is 1.33 bits per heavy atom. The van der Waals surface area contributed by atoms with Crippen LogP contribution in [0, 0.1) is 11.6 Å². The van der Waals surface area contributed by atoms with Crippen molar-refractivity contribution in [3.05, 3.63) is 35.4 Å². The highest BCUT2D eigenvalue weighted by atomic mass is 32.2. The standard InChI is InChI=1S/C8H7F2NO3S/c1-15(13,14)8(11-12)7-5(9)3-2-4-6(7)10/h2-4,12H,1H3/b11-8+. The van der Waals surface area contributed by atoms with E-state index >= 15 is 0 Å². The van der Waals surface area contributed by atoms with Crippen LogP contribution in [-0.2, 0) is 9.84 Å². The van der Waals surface area contributed by atoms with Crippen molar-refractivity contribution in [3.8, 4) is 0 Å². The zero-order valence-electron chi connectivity index (χ0n) is 7.61. The lowest BCUT2D eigenvalue weighted by atomic mass is 10.2. The highest BCUT2D eigenvalue weighted by Crippen LogP contribution is 2.15. The molecule has 0 fully saturated rings. The predicted molar refractivity (Wildman–Crippen MR) is 49.5 cm³/mol. The van der Waals surface area contributed by atoms with E-state index in [2.05, 4.69) is 5.16 Å². The van der Waals surface area contributed by atoms with Crippen LogP contribution in [0.2, 0.25) is 0 Å². The Kier molecular flexibility index (Phi) is 3.04. The molecule has 0 amide bonds. The summed E-state index contributed by atoms with van der Waals surface area (Å²) in [5.41, 5.74) is -0.859. The molecule has 1 N–H and O–H groups in total. The van der Waals surface area contributed by atoms with E-state index in [0.717, 1.165) is 18.2 Å². The summed E-state index contributed by atoms with van der Waals surface area (Å²) in [5, 5.41) is 9.81. The van der Waals surface area contributed by atoms with Crippen molar-refractivity contribution in [1.29, 1.82) is 0 Å². The number of halogens is 2. The fourth-order valence-corrected chi connectivity index (χ4v) is 1.73. The molecule has 0 saturated heterocycles. The lowest BCUT2D eigenvalue weighted by Gasteiger charge is -2.04. The van der Waals surface area contributed by atoms with Gasteiger partial charge in [-0.1, -0.05) is 11.2 Å². The molecule has 1 aromatic rings. The smallest absolute Gasteiger partial charge is 0.206 e. The van der Waals surface area contributed by atoms with Gasteiger partial charge in [-0.15, -0.1) is 0 Å². The fourth-order valence-electron chi connectivity index (χ4n) is 1.01. The van der Waals surface area contributed by atoms with Gasteiger partial charge in [-0.25, -0.2) is 17.2 Å². The summed E-state index contributed by atoms with van der Waals surface area (Å²) in [5.74, 6) is -2.21. The van der Waals surface area contributed by atoms with Gasteiger partial charge in [0.2, 0.25) is 5.04 Å². The summed E-state index contributed by atoms with van der Waals surface area (Å²) in [6.45, 7) is 0. The maximum Gasteiger partial charge on any atom is 0.206 e. The summed E-state index contributed by atoms with van der Waals surface area (Å²) in [6, 6.07) is 2.81. The highest BCUT2D eigenvalue weighted by molar-refractivity contribution is 8.06. The van der Waals surface area contributed by atoms with Crippen LogP contribution in [0.15, 0.2) is 23.4 Å². The van der Waals surface area contributed by atoms with Crippen LogP contribution in [0.3, 0.4) is 0 Å². The van der Waals surface area contributed by atoms with Crippen LogP contribution >= 0.6 is 0 Å². The molecular formula is C8H7F2NO3S. The maximum absolute atomic E-state index is 13.1. The molecule has 0 spiro atoms. The third-order valence-corrected chi connectivity index (χ3v) is 2.61. The summed E-state index contributed by atoms with van der Waals surface area (Å²) in [7, 11) is -3.99. The molecule has 0 atom stereocenters. The number of oxime groups is 1. The SMILES string of the molecule is CS(=O)(=O)/C(=N/O)c1c(F)cccc1F. The molecule has 0 aromatic heterocycles. The summed E-state index contributed by atoms with van der Waals surface area (Å²) in [6.07, 6.45) is 0.688. The number of hydrogen-bond acceptors (Lipinski definition) is 4. The molecular weight excluding hydrogens is 228 g/mol. The molecule has 7 heteroatoms. The molecule has 0 aliphatic heterocycles. The van der Waals surface area contributed by atoms with Gasteiger partial charge in [0.05, 0.1) is 5.56 Å². The Morgan fingerprint density at radius 2 is 1.80 bits per heavy atom. The van der Waals surface area contributed by atoms with Gasteiger partial charge in [-0.05, 0) is 12.1 Å². The Labute approximate surface area is 84.8 Å². The normalized spacial score (nSPS) is 12.9. The van der Waals surface area contributed by atoms with Gasteiger partial charge in [0.15, 0.2) is 9.84 Å². The molecule has 15 heavy (non-hydrogen) atoms. The van der Waals surface area contributed by atoms with Gasteiger partial charge in [-0.3, -0.25) is 0 Å². The van der Waals surface area contributed by atoms with Gasteiger partial charge in [0, 0.05) is 6.26 Å². The first-order valence-corrected chi connectivity index (χ1v) is 5.63. The van der Waals surface area contributed by atoms with Crippen LogP contribution in [-0.4, -0.2) is 24.9 Å². The molecule has 0 bridgehead atoms. The highest BCUT2D eigenvalue weighted by Gasteiger charge is 2.24. The summed E-state index contributed by atoms with van der Waals surface area (Å²) in [4.78, 5) is 0. The van der Waals surface area contributed by atoms with E-state index < -0.39 is 32.1 Å².